The smallest absolute Gasteiger partial charge is 0.0558 e. The number of hydrogen-bond donors (Lipinski definition) is 1. The van der Waals surface area contributed by atoms with Gasteiger partial charge in [-0.1, -0.05) is 24.3 Å². The van der Waals surface area contributed by atoms with Crippen LogP contribution >= 0.6 is 0 Å². The molecule has 4 nitrogen and oxygen atoms in total. The third-order valence-corrected chi connectivity index (χ3v) is 4.45. The molecule has 0 radical (unpaired) electrons. The van der Waals surface area contributed by atoms with E-state index in [4.69, 9.17) is 0 Å². The molecule has 3 rings (SSSR count). The lowest BCUT2D eigenvalue weighted by atomic mass is 9.86. The Kier molecular flexibility index (Phi) is 4.36. The molecule has 1 aromatic carbocycles. The molecule has 1 aliphatic carbocycles. The maximum Gasteiger partial charge on any atom is 0.0558 e. The van der Waals surface area contributed by atoms with Gasteiger partial charge in [0, 0.05) is 32.4 Å². The SMILES string of the molecule is Cn1nccc1CN(CCO)C1CCCc2ccccc21. The van der Waals surface area contributed by atoms with Crippen LogP contribution in [0.25, 0.3) is 0 Å². The molecule has 1 aliphatic rings. The van der Waals surface area contributed by atoms with Crippen molar-refractivity contribution in [3.8, 4) is 0 Å². The minimum Gasteiger partial charge on any atom is -0.395 e. The summed E-state index contributed by atoms with van der Waals surface area (Å²) in [6.07, 6.45) is 5.39. The molecular formula is C17H23N3O. The third kappa shape index (κ3) is 3.01. The van der Waals surface area contributed by atoms with Crippen LogP contribution in [0.15, 0.2) is 36.5 Å². The van der Waals surface area contributed by atoms with Crippen LogP contribution < -0.4 is 0 Å². The van der Waals surface area contributed by atoms with Gasteiger partial charge in [-0.3, -0.25) is 9.58 Å². The van der Waals surface area contributed by atoms with Crippen LogP contribution in [0.5, 0.6) is 0 Å². The van der Waals surface area contributed by atoms with E-state index in [9.17, 15) is 5.11 Å². The van der Waals surface area contributed by atoms with E-state index in [1.54, 1.807) is 0 Å². The van der Waals surface area contributed by atoms with Crippen molar-refractivity contribution in [2.24, 2.45) is 7.05 Å². The van der Waals surface area contributed by atoms with Crippen LogP contribution in [0, 0.1) is 0 Å². The van der Waals surface area contributed by atoms with Crippen molar-refractivity contribution in [1.82, 2.24) is 14.7 Å². The first kappa shape index (κ1) is 14.3. The summed E-state index contributed by atoms with van der Waals surface area (Å²) in [6, 6.07) is 11.2. The fourth-order valence-corrected chi connectivity index (χ4v) is 3.35. The minimum atomic E-state index is 0.191. The summed E-state index contributed by atoms with van der Waals surface area (Å²) in [5.74, 6) is 0. The normalized spacial score (nSPS) is 18.0. The molecule has 1 aromatic heterocycles. The number of benzene rings is 1. The van der Waals surface area contributed by atoms with Crippen molar-refractivity contribution in [3.05, 3.63) is 53.3 Å². The molecule has 0 saturated heterocycles. The largest absolute Gasteiger partial charge is 0.395 e. The Hall–Kier alpha value is -1.65. The Bertz CT molecular complexity index is 593. The van der Waals surface area contributed by atoms with Gasteiger partial charge in [-0.2, -0.15) is 5.10 Å². The molecule has 0 bridgehead atoms. The summed E-state index contributed by atoms with van der Waals surface area (Å²) in [4.78, 5) is 2.38. The maximum atomic E-state index is 9.45. The number of aliphatic hydroxyl groups is 1. The van der Waals surface area contributed by atoms with Crippen molar-refractivity contribution in [3.63, 3.8) is 0 Å². The van der Waals surface area contributed by atoms with Crippen LogP contribution in [-0.2, 0) is 20.0 Å². The van der Waals surface area contributed by atoms with E-state index < -0.39 is 0 Å². The Labute approximate surface area is 126 Å². The molecule has 4 heteroatoms. The van der Waals surface area contributed by atoms with E-state index in [1.807, 2.05) is 17.9 Å². The molecule has 0 spiro atoms. The predicted molar refractivity (Wildman–Crippen MR) is 82.8 cm³/mol. The lowest BCUT2D eigenvalue weighted by molar-refractivity contribution is 0.128. The fourth-order valence-electron chi connectivity index (χ4n) is 3.35. The zero-order chi connectivity index (χ0) is 14.7. The van der Waals surface area contributed by atoms with Gasteiger partial charge in [0.2, 0.25) is 0 Å². The standard InChI is InChI=1S/C17H23N3O/c1-19-15(9-10-18-19)13-20(11-12-21)17-8-4-6-14-5-2-3-7-16(14)17/h2-3,5,7,9-10,17,21H,4,6,8,11-13H2,1H3. The minimum absolute atomic E-state index is 0.191. The van der Waals surface area contributed by atoms with E-state index in [2.05, 4.69) is 40.3 Å². The Balaban J connectivity index is 1.86. The lowest BCUT2D eigenvalue weighted by Gasteiger charge is -2.35. The van der Waals surface area contributed by atoms with Crippen LogP contribution in [0.2, 0.25) is 0 Å². The summed E-state index contributed by atoms with van der Waals surface area (Å²) in [6.45, 7) is 1.72. The molecule has 1 atom stereocenters. The van der Waals surface area contributed by atoms with E-state index in [0.717, 1.165) is 13.0 Å². The summed E-state index contributed by atoms with van der Waals surface area (Å²) >= 11 is 0. The number of aromatic nitrogens is 2. The molecule has 1 unspecified atom stereocenters. The molecule has 1 N–H and O–H groups in total. The first-order valence-electron chi connectivity index (χ1n) is 7.69. The van der Waals surface area contributed by atoms with Crippen molar-refractivity contribution in [1.29, 1.82) is 0 Å². The lowest BCUT2D eigenvalue weighted by Crippen LogP contribution is -2.33. The Morgan fingerprint density at radius 2 is 2.19 bits per heavy atom. The second-order valence-electron chi connectivity index (χ2n) is 5.75. The molecule has 0 saturated carbocycles. The van der Waals surface area contributed by atoms with E-state index >= 15 is 0 Å². The van der Waals surface area contributed by atoms with Gasteiger partial charge < -0.3 is 5.11 Å². The highest BCUT2D eigenvalue weighted by Gasteiger charge is 2.25. The number of nitrogens with zero attached hydrogens (tertiary/aromatic N) is 3. The highest BCUT2D eigenvalue weighted by atomic mass is 16.3. The van der Waals surface area contributed by atoms with Gasteiger partial charge in [0.25, 0.3) is 0 Å². The van der Waals surface area contributed by atoms with Crippen LogP contribution in [0.3, 0.4) is 0 Å². The van der Waals surface area contributed by atoms with Crippen molar-refractivity contribution < 1.29 is 5.11 Å². The first-order valence-corrected chi connectivity index (χ1v) is 7.69. The van der Waals surface area contributed by atoms with Gasteiger partial charge in [0.15, 0.2) is 0 Å². The van der Waals surface area contributed by atoms with E-state index in [0.29, 0.717) is 12.6 Å². The van der Waals surface area contributed by atoms with Crippen molar-refractivity contribution >= 4 is 0 Å². The van der Waals surface area contributed by atoms with Gasteiger partial charge in [0.1, 0.15) is 0 Å². The summed E-state index contributed by atoms with van der Waals surface area (Å²) in [7, 11) is 1.97. The number of aliphatic hydroxyl groups excluding tert-OH is 1. The van der Waals surface area contributed by atoms with Crippen LogP contribution in [-0.4, -0.2) is 32.9 Å². The van der Waals surface area contributed by atoms with Gasteiger partial charge in [-0.15, -0.1) is 0 Å². The predicted octanol–water partition coefficient (Wildman–Crippen LogP) is 2.29. The molecule has 112 valence electrons. The third-order valence-electron chi connectivity index (χ3n) is 4.45. The quantitative estimate of drug-likeness (QED) is 0.916. The molecule has 2 aromatic rings. The van der Waals surface area contributed by atoms with Crippen molar-refractivity contribution in [2.75, 3.05) is 13.2 Å². The Morgan fingerprint density at radius 1 is 1.33 bits per heavy atom. The first-order chi connectivity index (χ1) is 10.3. The van der Waals surface area contributed by atoms with Crippen molar-refractivity contribution in [2.45, 2.75) is 31.8 Å². The molecule has 0 amide bonds. The summed E-state index contributed by atoms with van der Waals surface area (Å²) in [5.41, 5.74) is 4.08. The molecular weight excluding hydrogens is 262 g/mol. The highest BCUT2D eigenvalue weighted by molar-refractivity contribution is 5.32. The maximum absolute atomic E-state index is 9.45. The molecule has 0 aliphatic heterocycles. The molecule has 21 heavy (non-hydrogen) atoms. The van der Waals surface area contributed by atoms with Gasteiger partial charge in [-0.05, 0) is 36.5 Å². The second kappa shape index (κ2) is 6.41. The molecule has 0 fully saturated rings. The number of rotatable bonds is 5. The monoisotopic (exact) mass is 285 g/mol. The average molecular weight is 285 g/mol. The summed E-state index contributed by atoms with van der Waals surface area (Å²) < 4.78 is 1.92. The molecule has 1 heterocycles. The van der Waals surface area contributed by atoms with Gasteiger partial charge in [0.05, 0.1) is 12.3 Å². The van der Waals surface area contributed by atoms with Gasteiger partial charge >= 0.3 is 0 Å². The fraction of sp³-hybridized carbons (Fsp3) is 0.471. The topological polar surface area (TPSA) is 41.3 Å². The number of fused-ring (bicyclic) bond motifs is 1. The zero-order valence-electron chi connectivity index (χ0n) is 12.6. The van der Waals surface area contributed by atoms with Crippen LogP contribution in [0.1, 0.15) is 35.7 Å². The number of aryl methyl sites for hydroxylation is 2. The second-order valence-corrected chi connectivity index (χ2v) is 5.75. The van der Waals surface area contributed by atoms with E-state index in [1.165, 1.54) is 29.7 Å². The average Bonchev–Trinajstić information content (AvgIpc) is 2.91. The Morgan fingerprint density at radius 3 is 2.95 bits per heavy atom. The van der Waals surface area contributed by atoms with Crippen LogP contribution in [0.4, 0.5) is 0 Å². The zero-order valence-corrected chi connectivity index (χ0v) is 12.6. The van der Waals surface area contributed by atoms with E-state index in [-0.39, 0.29) is 6.61 Å². The number of hydrogen-bond acceptors (Lipinski definition) is 3. The summed E-state index contributed by atoms with van der Waals surface area (Å²) in [5, 5.41) is 13.7. The highest BCUT2D eigenvalue weighted by Crippen LogP contribution is 2.34. The van der Waals surface area contributed by atoms with Gasteiger partial charge in [-0.25, -0.2) is 0 Å².